The van der Waals surface area contributed by atoms with Gasteiger partial charge in [-0.1, -0.05) is 39.8 Å². The normalized spacial score (nSPS) is 19.6. The maximum absolute atomic E-state index is 13.1. The highest BCUT2D eigenvalue weighted by molar-refractivity contribution is 5.79. The van der Waals surface area contributed by atoms with Gasteiger partial charge in [-0.05, 0) is 85.8 Å². The highest BCUT2D eigenvalue weighted by Crippen LogP contribution is 2.45. The molecule has 39 heavy (non-hydrogen) atoms. The van der Waals surface area contributed by atoms with Gasteiger partial charge < -0.3 is 30.4 Å². The Kier molecular flexibility index (Phi) is 13.0. The van der Waals surface area contributed by atoms with E-state index in [1.54, 1.807) is 7.11 Å². The Labute approximate surface area is 236 Å². The van der Waals surface area contributed by atoms with Crippen LogP contribution in [0.2, 0.25) is 0 Å². The zero-order valence-corrected chi connectivity index (χ0v) is 25.0. The Balaban J connectivity index is 1.59. The smallest absolute Gasteiger partial charge is 0.223 e. The second-order valence-electron chi connectivity index (χ2n) is 12.5. The van der Waals surface area contributed by atoms with Crippen LogP contribution in [0.25, 0.3) is 0 Å². The van der Waals surface area contributed by atoms with Crippen molar-refractivity contribution in [3.05, 3.63) is 29.3 Å². The molecule has 0 aromatic heterocycles. The summed E-state index contributed by atoms with van der Waals surface area (Å²) in [6, 6.07) is 6.47. The molecule has 222 valence electrons. The number of rotatable bonds is 17. The molecule has 1 aromatic rings. The fourth-order valence-electron chi connectivity index (χ4n) is 5.62. The third-order valence-corrected chi connectivity index (χ3v) is 8.56. The van der Waals surface area contributed by atoms with Gasteiger partial charge in [-0.3, -0.25) is 4.79 Å². The average Bonchev–Trinajstić information content (AvgIpc) is 3.75. The van der Waals surface area contributed by atoms with Gasteiger partial charge in [0.25, 0.3) is 0 Å². The number of carbonyl (C=O) groups excluding carboxylic acids is 1. The number of ether oxygens (including phenoxy) is 3. The molecular weight excluding hydrogens is 492 g/mol. The molecule has 1 saturated carbocycles. The summed E-state index contributed by atoms with van der Waals surface area (Å²) in [7, 11) is 1.72. The third-order valence-electron chi connectivity index (χ3n) is 8.56. The lowest BCUT2D eigenvalue weighted by molar-refractivity contribution is -0.129. The molecule has 0 spiro atoms. The van der Waals surface area contributed by atoms with Crippen molar-refractivity contribution in [3.8, 4) is 5.75 Å². The first kappa shape index (κ1) is 31.9. The number of methoxy groups -OCH3 is 1. The maximum atomic E-state index is 13.1. The largest absolute Gasteiger partial charge is 0.493 e. The van der Waals surface area contributed by atoms with Gasteiger partial charge in [0.1, 0.15) is 5.75 Å². The summed E-state index contributed by atoms with van der Waals surface area (Å²) in [5, 5.41) is 14.3. The lowest BCUT2D eigenvalue weighted by Crippen LogP contribution is -2.46. The molecule has 4 atom stereocenters. The second-order valence-corrected chi connectivity index (χ2v) is 12.5. The molecule has 3 rings (SSSR count). The SMILES string of the molecule is COCCCOc1cc(C[C@@H](C[C@H](N)[C@@H](O)C[C@H](C(=O)NC2CCOCC2)C(C)C)C(C)C)ccc1C1CC1. The summed E-state index contributed by atoms with van der Waals surface area (Å²) in [6.45, 7) is 11.3. The standard InChI is InChI=1S/C32H54N2O5/c1-21(2)25(17-23-7-10-27(24-8-9-24)31(18-23)39-14-6-13-37-5)19-29(33)30(35)20-28(22(3)4)32(36)34-26-11-15-38-16-12-26/h7,10,18,21-22,24-26,28-30,35H,6,8-9,11-17,19-20,33H2,1-5H3,(H,34,36)/t25-,28-,29-,30-/m0/s1. The molecular formula is C32H54N2O5. The predicted octanol–water partition coefficient (Wildman–Crippen LogP) is 4.83. The Hall–Kier alpha value is -1.67. The summed E-state index contributed by atoms with van der Waals surface area (Å²) >= 11 is 0. The first-order valence-electron chi connectivity index (χ1n) is 15.3. The Bertz CT molecular complexity index is 866. The first-order chi connectivity index (χ1) is 18.7. The monoisotopic (exact) mass is 546 g/mol. The van der Waals surface area contributed by atoms with Crippen molar-refractivity contribution in [1.82, 2.24) is 5.32 Å². The van der Waals surface area contributed by atoms with Gasteiger partial charge >= 0.3 is 0 Å². The predicted molar refractivity (Wildman–Crippen MR) is 156 cm³/mol. The fourth-order valence-corrected chi connectivity index (χ4v) is 5.62. The van der Waals surface area contributed by atoms with Crippen LogP contribution < -0.4 is 15.8 Å². The van der Waals surface area contributed by atoms with Crippen molar-refractivity contribution in [2.75, 3.05) is 33.5 Å². The summed E-state index contributed by atoms with van der Waals surface area (Å²) in [6.07, 6.45) is 6.28. The van der Waals surface area contributed by atoms with Crippen LogP contribution in [0.15, 0.2) is 18.2 Å². The van der Waals surface area contributed by atoms with Gasteiger partial charge in [0.2, 0.25) is 5.91 Å². The van der Waals surface area contributed by atoms with Crippen molar-refractivity contribution in [3.63, 3.8) is 0 Å². The van der Waals surface area contributed by atoms with E-state index in [9.17, 15) is 9.90 Å². The molecule has 0 bridgehead atoms. The number of hydrogen-bond donors (Lipinski definition) is 3. The van der Waals surface area contributed by atoms with Gasteiger partial charge in [-0.15, -0.1) is 0 Å². The molecule has 1 heterocycles. The van der Waals surface area contributed by atoms with E-state index in [1.807, 2.05) is 13.8 Å². The molecule has 4 N–H and O–H groups in total. The second kappa shape index (κ2) is 15.9. The molecule has 1 aliphatic heterocycles. The topological polar surface area (TPSA) is 103 Å². The van der Waals surface area contributed by atoms with E-state index < -0.39 is 6.10 Å². The quantitative estimate of drug-likeness (QED) is 0.242. The van der Waals surface area contributed by atoms with Gasteiger partial charge in [0.05, 0.1) is 12.7 Å². The van der Waals surface area contributed by atoms with Gasteiger partial charge in [0, 0.05) is 51.4 Å². The third kappa shape index (κ3) is 10.3. The number of aliphatic hydroxyl groups excluding tert-OH is 1. The molecule has 0 unspecified atom stereocenters. The van der Waals surface area contributed by atoms with E-state index in [2.05, 4.69) is 37.4 Å². The van der Waals surface area contributed by atoms with E-state index in [1.165, 1.54) is 24.0 Å². The van der Waals surface area contributed by atoms with Crippen LogP contribution >= 0.6 is 0 Å². The van der Waals surface area contributed by atoms with E-state index >= 15 is 0 Å². The van der Waals surface area contributed by atoms with Crippen molar-refractivity contribution < 1.29 is 24.1 Å². The van der Waals surface area contributed by atoms with Crippen molar-refractivity contribution in [2.24, 2.45) is 29.4 Å². The van der Waals surface area contributed by atoms with Gasteiger partial charge in [-0.25, -0.2) is 0 Å². The molecule has 7 heteroatoms. The summed E-state index contributed by atoms with van der Waals surface area (Å²) in [5.41, 5.74) is 9.17. The molecule has 1 aromatic carbocycles. The molecule has 2 aliphatic rings. The molecule has 2 fully saturated rings. The number of nitrogens with two attached hydrogens (primary N) is 1. The van der Waals surface area contributed by atoms with Crippen molar-refractivity contribution in [1.29, 1.82) is 0 Å². The minimum Gasteiger partial charge on any atom is -0.493 e. The highest BCUT2D eigenvalue weighted by Gasteiger charge is 2.31. The number of carbonyl (C=O) groups is 1. The molecule has 1 aliphatic carbocycles. The van der Waals surface area contributed by atoms with E-state index in [0.29, 0.717) is 57.0 Å². The number of hydrogen-bond acceptors (Lipinski definition) is 6. The van der Waals surface area contributed by atoms with Crippen LogP contribution in [0.4, 0.5) is 0 Å². The van der Waals surface area contributed by atoms with Crippen LogP contribution in [-0.2, 0) is 20.7 Å². The Morgan fingerprint density at radius 1 is 1.08 bits per heavy atom. The molecule has 7 nitrogen and oxygen atoms in total. The minimum atomic E-state index is -0.726. The number of nitrogens with one attached hydrogen (secondary N) is 1. The van der Waals surface area contributed by atoms with E-state index in [-0.39, 0.29) is 29.8 Å². The fraction of sp³-hybridized carbons (Fsp3) is 0.781. The lowest BCUT2D eigenvalue weighted by atomic mass is 9.80. The Morgan fingerprint density at radius 3 is 2.41 bits per heavy atom. The van der Waals surface area contributed by atoms with Crippen LogP contribution in [0, 0.1) is 23.7 Å². The minimum absolute atomic E-state index is 0.0253. The van der Waals surface area contributed by atoms with Crippen LogP contribution in [0.1, 0.15) is 89.7 Å². The van der Waals surface area contributed by atoms with E-state index in [0.717, 1.165) is 31.4 Å². The molecule has 1 saturated heterocycles. The zero-order chi connectivity index (χ0) is 28.4. The van der Waals surface area contributed by atoms with Crippen LogP contribution in [0.5, 0.6) is 5.75 Å². The number of aliphatic hydroxyl groups is 1. The summed E-state index contributed by atoms with van der Waals surface area (Å²) < 4.78 is 16.8. The molecule has 1 amide bonds. The number of amides is 1. The first-order valence-corrected chi connectivity index (χ1v) is 15.3. The lowest BCUT2D eigenvalue weighted by Gasteiger charge is -2.31. The molecule has 0 radical (unpaired) electrons. The summed E-state index contributed by atoms with van der Waals surface area (Å²) in [5.74, 6) is 2.25. The highest BCUT2D eigenvalue weighted by atomic mass is 16.5. The zero-order valence-electron chi connectivity index (χ0n) is 25.0. The van der Waals surface area contributed by atoms with Gasteiger partial charge in [-0.2, -0.15) is 0 Å². The van der Waals surface area contributed by atoms with Gasteiger partial charge in [0.15, 0.2) is 0 Å². The summed E-state index contributed by atoms with van der Waals surface area (Å²) in [4.78, 5) is 13.1. The van der Waals surface area contributed by atoms with Crippen molar-refractivity contribution >= 4 is 5.91 Å². The van der Waals surface area contributed by atoms with E-state index in [4.69, 9.17) is 19.9 Å². The maximum Gasteiger partial charge on any atom is 0.223 e. The average molecular weight is 547 g/mol. The van der Waals surface area contributed by atoms with Crippen LogP contribution in [-0.4, -0.2) is 62.7 Å². The Morgan fingerprint density at radius 2 is 1.79 bits per heavy atom. The van der Waals surface area contributed by atoms with Crippen molar-refractivity contribution in [2.45, 2.75) is 103 Å². The van der Waals surface area contributed by atoms with Crippen LogP contribution in [0.3, 0.4) is 0 Å². The number of benzene rings is 1.